The Morgan fingerprint density at radius 3 is 2.42 bits per heavy atom. The molecule has 0 saturated carbocycles. The van der Waals surface area contributed by atoms with E-state index in [-0.39, 0.29) is 28.5 Å². The van der Waals surface area contributed by atoms with Crippen molar-refractivity contribution >= 4 is 52.5 Å². The van der Waals surface area contributed by atoms with Crippen molar-refractivity contribution in [1.29, 1.82) is 0 Å². The van der Waals surface area contributed by atoms with Crippen LogP contribution in [-0.4, -0.2) is 32.3 Å². The fourth-order valence-electron chi connectivity index (χ4n) is 3.79. The molecule has 10 heteroatoms. The third-order valence-corrected chi connectivity index (χ3v) is 7.17. The second kappa shape index (κ2) is 12.6. The topological polar surface area (TPSA) is 88.9 Å². The minimum Gasteiger partial charge on any atom is -0.342 e. The molecule has 0 spiro atoms. The number of carbonyl (C=O) groups excluding carboxylic acids is 2. The first kappa shape index (κ1) is 28.0. The van der Waals surface area contributed by atoms with Gasteiger partial charge in [-0.1, -0.05) is 80.9 Å². The van der Waals surface area contributed by atoms with Crippen LogP contribution in [0, 0.1) is 5.92 Å². The van der Waals surface area contributed by atoms with E-state index in [1.54, 1.807) is 12.1 Å². The van der Waals surface area contributed by atoms with Gasteiger partial charge in [-0.25, -0.2) is 0 Å². The van der Waals surface area contributed by atoms with Gasteiger partial charge in [0.25, 0.3) is 5.91 Å². The van der Waals surface area contributed by atoms with Gasteiger partial charge in [-0.2, -0.15) is 0 Å². The van der Waals surface area contributed by atoms with Gasteiger partial charge in [-0.15, -0.1) is 10.2 Å². The standard InChI is InChI=1S/C26H31Cl2N5O2S/c1-6-33-24(23(16(4)5)30-25(35)19-12-11-17(27)13-20(19)28)31-32-26(33)36-14-22(34)29-21-10-8-7-9-18(21)15(2)3/h7-13,15-16,23H,6,14H2,1-5H3,(H,29,34)(H,30,35)/t23-/m1/s1. The number of aromatic nitrogens is 3. The Labute approximate surface area is 226 Å². The summed E-state index contributed by atoms with van der Waals surface area (Å²) in [5, 5.41) is 16.1. The van der Waals surface area contributed by atoms with E-state index >= 15 is 0 Å². The molecule has 2 N–H and O–H groups in total. The Hall–Kier alpha value is -2.55. The van der Waals surface area contributed by atoms with E-state index in [1.807, 2.05) is 49.6 Å². The Bertz CT molecular complexity index is 1230. The summed E-state index contributed by atoms with van der Waals surface area (Å²) in [6.07, 6.45) is 0. The third kappa shape index (κ3) is 6.81. The van der Waals surface area contributed by atoms with Gasteiger partial charge in [0.15, 0.2) is 11.0 Å². The first-order chi connectivity index (χ1) is 17.1. The number of hydrogen-bond acceptors (Lipinski definition) is 5. The number of benzene rings is 2. The van der Waals surface area contributed by atoms with Gasteiger partial charge >= 0.3 is 0 Å². The maximum Gasteiger partial charge on any atom is 0.253 e. The summed E-state index contributed by atoms with van der Waals surface area (Å²) in [4.78, 5) is 25.7. The van der Waals surface area contributed by atoms with Crippen molar-refractivity contribution < 1.29 is 9.59 Å². The highest BCUT2D eigenvalue weighted by Gasteiger charge is 2.27. The molecule has 3 rings (SSSR count). The van der Waals surface area contributed by atoms with E-state index in [0.29, 0.717) is 34.0 Å². The van der Waals surface area contributed by atoms with Crippen molar-refractivity contribution in [1.82, 2.24) is 20.1 Å². The van der Waals surface area contributed by atoms with Crippen molar-refractivity contribution in [3.8, 4) is 0 Å². The second-order valence-corrected chi connectivity index (χ2v) is 10.8. The van der Waals surface area contributed by atoms with Crippen LogP contribution < -0.4 is 10.6 Å². The van der Waals surface area contributed by atoms with Crippen LogP contribution in [0.5, 0.6) is 0 Å². The van der Waals surface area contributed by atoms with Gasteiger partial charge in [0.05, 0.1) is 22.4 Å². The predicted octanol–water partition coefficient (Wildman–Crippen LogP) is 6.59. The number of amides is 2. The number of para-hydroxylation sites is 1. The molecule has 1 heterocycles. The van der Waals surface area contributed by atoms with Gasteiger partial charge in [0.2, 0.25) is 5.91 Å². The average Bonchev–Trinajstić information content (AvgIpc) is 3.23. The molecule has 192 valence electrons. The third-order valence-electron chi connectivity index (χ3n) is 5.66. The van der Waals surface area contributed by atoms with Crippen LogP contribution in [0.2, 0.25) is 10.0 Å². The molecule has 0 unspecified atom stereocenters. The lowest BCUT2D eigenvalue weighted by Gasteiger charge is -2.23. The Morgan fingerprint density at radius 1 is 1.06 bits per heavy atom. The van der Waals surface area contributed by atoms with E-state index in [9.17, 15) is 9.59 Å². The number of halogens is 2. The largest absolute Gasteiger partial charge is 0.342 e. The molecule has 0 aliphatic carbocycles. The van der Waals surface area contributed by atoms with E-state index in [2.05, 4.69) is 34.7 Å². The van der Waals surface area contributed by atoms with Gasteiger partial charge in [-0.05, 0) is 48.6 Å². The van der Waals surface area contributed by atoms with Crippen LogP contribution in [0.3, 0.4) is 0 Å². The zero-order chi connectivity index (χ0) is 26.4. The SMILES string of the molecule is CCn1c(SCC(=O)Nc2ccccc2C(C)C)nnc1[C@H](NC(=O)c1ccc(Cl)cc1Cl)C(C)C. The summed E-state index contributed by atoms with van der Waals surface area (Å²) in [5.41, 5.74) is 2.24. The van der Waals surface area contributed by atoms with Crippen molar-refractivity contribution in [2.24, 2.45) is 5.92 Å². The summed E-state index contributed by atoms with van der Waals surface area (Å²) >= 11 is 13.5. The van der Waals surface area contributed by atoms with E-state index in [1.165, 1.54) is 17.8 Å². The van der Waals surface area contributed by atoms with Gasteiger partial charge in [-0.3, -0.25) is 9.59 Å². The van der Waals surface area contributed by atoms with E-state index in [4.69, 9.17) is 23.2 Å². The summed E-state index contributed by atoms with van der Waals surface area (Å²) in [6, 6.07) is 12.2. The maximum absolute atomic E-state index is 13.0. The highest BCUT2D eigenvalue weighted by atomic mass is 35.5. The van der Waals surface area contributed by atoms with Crippen LogP contribution >= 0.6 is 35.0 Å². The smallest absolute Gasteiger partial charge is 0.253 e. The molecule has 1 atom stereocenters. The zero-order valence-corrected chi connectivity index (χ0v) is 23.3. The van der Waals surface area contributed by atoms with E-state index < -0.39 is 6.04 Å². The number of hydrogen-bond donors (Lipinski definition) is 2. The summed E-state index contributed by atoms with van der Waals surface area (Å²) in [6.45, 7) is 10.7. The number of nitrogens with one attached hydrogen (secondary N) is 2. The lowest BCUT2D eigenvalue weighted by molar-refractivity contribution is -0.113. The quantitative estimate of drug-likeness (QED) is 0.279. The predicted molar refractivity (Wildman–Crippen MR) is 147 cm³/mol. The first-order valence-corrected chi connectivity index (χ1v) is 13.6. The lowest BCUT2D eigenvalue weighted by Crippen LogP contribution is -2.34. The molecule has 0 radical (unpaired) electrons. The molecule has 0 bridgehead atoms. The fourth-order valence-corrected chi connectivity index (χ4v) is 5.09. The average molecular weight is 549 g/mol. The minimum atomic E-state index is -0.405. The van der Waals surface area contributed by atoms with Crippen LogP contribution in [-0.2, 0) is 11.3 Å². The van der Waals surface area contributed by atoms with Crippen LogP contribution in [0.4, 0.5) is 5.69 Å². The maximum atomic E-state index is 13.0. The number of thioether (sulfide) groups is 1. The fraction of sp³-hybridized carbons (Fsp3) is 0.385. The minimum absolute atomic E-state index is 0.0307. The molecule has 0 aliphatic rings. The van der Waals surface area contributed by atoms with Gasteiger partial charge in [0.1, 0.15) is 0 Å². The second-order valence-electron chi connectivity index (χ2n) is 8.98. The summed E-state index contributed by atoms with van der Waals surface area (Å²) < 4.78 is 1.93. The Kier molecular flexibility index (Phi) is 9.82. The number of carbonyl (C=O) groups is 2. The van der Waals surface area contributed by atoms with Crippen molar-refractivity contribution in [3.05, 3.63) is 69.5 Å². The van der Waals surface area contributed by atoms with Crippen molar-refractivity contribution in [3.63, 3.8) is 0 Å². The normalized spacial score (nSPS) is 12.1. The highest BCUT2D eigenvalue weighted by Crippen LogP contribution is 2.28. The molecule has 7 nitrogen and oxygen atoms in total. The molecule has 2 amide bonds. The number of rotatable bonds is 10. The molecule has 2 aromatic carbocycles. The monoisotopic (exact) mass is 547 g/mol. The van der Waals surface area contributed by atoms with Crippen LogP contribution in [0.15, 0.2) is 47.6 Å². The molecular formula is C26H31Cl2N5O2S. The summed E-state index contributed by atoms with van der Waals surface area (Å²) in [7, 11) is 0. The molecule has 3 aromatic rings. The molecule has 1 aromatic heterocycles. The zero-order valence-electron chi connectivity index (χ0n) is 21.0. The van der Waals surface area contributed by atoms with Gasteiger partial charge in [0, 0.05) is 17.3 Å². The number of nitrogens with zero attached hydrogens (tertiary/aromatic N) is 3. The first-order valence-electron chi connectivity index (χ1n) is 11.8. The van der Waals surface area contributed by atoms with Crippen LogP contribution in [0.25, 0.3) is 0 Å². The summed E-state index contributed by atoms with van der Waals surface area (Å²) in [5.74, 6) is 0.696. The molecule has 0 saturated heterocycles. The van der Waals surface area contributed by atoms with E-state index in [0.717, 1.165) is 11.3 Å². The molecule has 0 fully saturated rings. The lowest BCUT2D eigenvalue weighted by atomic mass is 10.0. The molecule has 0 aliphatic heterocycles. The Morgan fingerprint density at radius 2 is 1.78 bits per heavy atom. The Balaban J connectivity index is 1.74. The number of anilines is 1. The highest BCUT2D eigenvalue weighted by molar-refractivity contribution is 7.99. The van der Waals surface area contributed by atoms with Crippen LogP contribution in [0.1, 0.15) is 68.3 Å². The van der Waals surface area contributed by atoms with Gasteiger partial charge < -0.3 is 15.2 Å². The molecular weight excluding hydrogens is 517 g/mol. The van der Waals surface area contributed by atoms with Crippen molar-refractivity contribution in [2.75, 3.05) is 11.1 Å². The molecule has 36 heavy (non-hydrogen) atoms. The van der Waals surface area contributed by atoms with Crippen molar-refractivity contribution in [2.45, 2.75) is 58.3 Å².